The number of aromatic nitrogens is 3. The molecule has 0 bridgehead atoms. The molecule has 8 heteroatoms. The summed E-state index contributed by atoms with van der Waals surface area (Å²) in [6.45, 7) is 3.82. The number of amides is 2. The van der Waals surface area contributed by atoms with Crippen molar-refractivity contribution in [3.63, 3.8) is 0 Å². The van der Waals surface area contributed by atoms with Crippen LogP contribution in [0.2, 0.25) is 0 Å². The second kappa shape index (κ2) is 8.82. The fraction of sp³-hybridized carbons (Fsp3) is 0.240. The van der Waals surface area contributed by atoms with E-state index in [1.807, 2.05) is 73.5 Å². The van der Waals surface area contributed by atoms with Gasteiger partial charge >= 0.3 is 0 Å². The quantitative estimate of drug-likeness (QED) is 0.470. The van der Waals surface area contributed by atoms with Crippen molar-refractivity contribution in [1.82, 2.24) is 19.4 Å². The van der Waals surface area contributed by atoms with Gasteiger partial charge in [0.2, 0.25) is 0 Å². The Hall–Kier alpha value is -4.07. The number of benzene rings is 2. The molecule has 0 radical (unpaired) electrons. The second-order valence-corrected chi connectivity index (χ2v) is 8.18. The SMILES string of the molecule is COc1c(C(=O)NC(C)C)cn(C)c1-c1nc2cc(NC(=O)c3ccccc3)ccc2n1C. The van der Waals surface area contributed by atoms with Gasteiger partial charge in [0, 0.05) is 37.6 Å². The van der Waals surface area contributed by atoms with Crippen molar-refractivity contribution in [2.45, 2.75) is 19.9 Å². The summed E-state index contributed by atoms with van der Waals surface area (Å²) in [6.07, 6.45) is 1.75. The van der Waals surface area contributed by atoms with Crippen LogP contribution < -0.4 is 15.4 Å². The van der Waals surface area contributed by atoms with Crippen molar-refractivity contribution >= 4 is 28.5 Å². The maximum Gasteiger partial charge on any atom is 0.256 e. The third-order valence-corrected chi connectivity index (χ3v) is 5.39. The van der Waals surface area contributed by atoms with Crippen molar-refractivity contribution in [3.8, 4) is 17.3 Å². The van der Waals surface area contributed by atoms with Crippen LogP contribution in [0.25, 0.3) is 22.6 Å². The summed E-state index contributed by atoms with van der Waals surface area (Å²) in [7, 11) is 5.31. The summed E-state index contributed by atoms with van der Waals surface area (Å²) >= 11 is 0. The summed E-state index contributed by atoms with van der Waals surface area (Å²) in [5.74, 6) is 0.732. The van der Waals surface area contributed by atoms with Crippen LogP contribution in [-0.2, 0) is 14.1 Å². The van der Waals surface area contributed by atoms with Crippen LogP contribution in [0.1, 0.15) is 34.6 Å². The first-order valence-electron chi connectivity index (χ1n) is 10.7. The molecule has 2 heterocycles. The van der Waals surface area contributed by atoms with E-state index in [-0.39, 0.29) is 17.9 Å². The summed E-state index contributed by atoms with van der Waals surface area (Å²) in [6, 6.07) is 14.6. The van der Waals surface area contributed by atoms with Gasteiger partial charge in [-0.15, -0.1) is 0 Å². The van der Waals surface area contributed by atoms with Crippen LogP contribution in [0.4, 0.5) is 5.69 Å². The second-order valence-electron chi connectivity index (χ2n) is 8.18. The molecule has 33 heavy (non-hydrogen) atoms. The fourth-order valence-corrected chi connectivity index (χ4v) is 3.85. The number of imidazole rings is 1. The molecule has 0 saturated carbocycles. The van der Waals surface area contributed by atoms with E-state index in [1.54, 1.807) is 25.4 Å². The molecule has 170 valence electrons. The third-order valence-electron chi connectivity index (χ3n) is 5.39. The van der Waals surface area contributed by atoms with Crippen molar-refractivity contribution < 1.29 is 14.3 Å². The number of anilines is 1. The van der Waals surface area contributed by atoms with Gasteiger partial charge in [-0.05, 0) is 44.2 Å². The van der Waals surface area contributed by atoms with Gasteiger partial charge in [-0.2, -0.15) is 0 Å². The van der Waals surface area contributed by atoms with Gasteiger partial charge in [-0.25, -0.2) is 4.98 Å². The molecular formula is C25H27N5O3. The minimum atomic E-state index is -0.201. The molecule has 4 rings (SSSR count). The molecule has 2 amide bonds. The maximum atomic E-state index is 12.7. The monoisotopic (exact) mass is 445 g/mol. The van der Waals surface area contributed by atoms with Crippen LogP contribution in [0.5, 0.6) is 5.75 Å². The number of fused-ring (bicyclic) bond motifs is 1. The number of hydrogen-bond donors (Lipinski definition) is 2. The van der Waals surface area contributed by atoms with Gasteiger partial charge in [0.25, 0.3) is 11.8 Å². The van der Waals surface area contributed by atoms with E-state index in [0.717, 1.165) is 11.0 Å². The Bertz CT molecular complexity index is 1340. The number of carbonyl (C=O) groups excluding carboxylic acids is 2. The minimum absolute atomic E-state index is 0.00568. The molecule has 0 spiro atoms. The van der Waals surface area contributed by atoms with Gasteiger partial charge in [-0.1, -0.05) is 18.2 Å². The molecule has 2 aromatic carbocycles. The molecular weight excluding hydrogens is 418 g/mol. The number of aryl methyl sites for hydroxylation is 2. The Kier molecular flexibility index (Phi) is 5.91. The van der Waals surface area contributed by atoms with Crippen molar-refractivity contribution in [2.24, 2.45) is 14.1 Å². The molecule has 0 aliphatic rings. The number of carbonyl (C=O) groups is 2. The summed E-state index contributed by atoms with van der Waals surface area (Å²) < 4.78 is 9.42. The molecule has 0 atom stereocenters. The first-order chi connectivity index (χ1) is 15.8. The average Bonchev–Trinajstić information content (AvgIpc) is 3.29. The van der Waals surface area contributed by atoms with E-state index in [2.05, 4.69) is 10.6 Å². The highest BCUT2D eigenvalue weighted by molar-refractivity contribution is 6.05. The number of ether oxygens (including phenoxy) is 1. The molecule has 4 aromatic rings. The zero-order valence-electron chi connectivity index (χ0n) is 19.3. The largest absolute Gasteiger partial charge is 0.494 e. The molecule has 0 aliphatic carbocycles. The predicted molar refractivity (Wildman–Crippen MR) is 129 cm³/mol. The highest BCUT2D eigenvalue weighted by Crippen LogP contribution is 2.36. The van der Waals surface area contributed by atoms with Gasteiger partial charge < -0.3 is 24.5 Å². The topological polar surface area (TPSA) is 90.2 Å². The number of hydrogen-bond acceptors (Lipinski definition) is 4. The first-order valence-corrected chi connectivity index (χ1v) is 10.7. The lowest BCUT2D eigenvalue weighted by Gasteiger charge is -2.10. The Morgan fingerprint density at radius 1 is 1.03 bits per heavy atom. The average molecular weight is 446 g/mol. The molecule has 2 N–H and O–H groups in total. The zero-order chi connectivity index (χ0) is 23.7. The predicted octanol–water partition coefficient (Wildman–Crippen LogP) is 3.98. The summed E-state index contributed by atoms with van der Waals surface area (Å²) in [5.41, 5.74) is 3.98. The highest BCUT2D eigenvalue weighted by Gasteiger charge is 2.25. The number of nitrogens with zero attached hydrogens (tertiary/aromatic N) is 3. The standard InChI is InChI=1S/C25H27N5O3/c1-15(2)26-25(32)18-14-29(3)21(22(18)33-5)23-28-19-13-17(11-12-20(19)30(23)4)27-24(31)16-9-7-6-8-10-16/h6-15H,1-5H3,(H,26,32)(H,27,31). The van der Waals surface area contributed by atoms with Crippen LogP contribution in [0, 0.1) is 0 Å². The molecule has 0 fully saturated rings. The van der Waals surface area contributed by atoms with Crippen molar-refractivity contribution in [2.75, 3.05) is 12.4 Å². The van der Waals surface area contributed by atoms with Crippen LogP contribution in [-0.4, -0.2) is 39.1 Å². The van der Waals surface area contributed by atoms with E-state index in [9.17, 15) is 9.59 Å². The molecule has 0 aliphatic heterocycles. The first kappa shape index (κ1) is 22.1. The third kappa shape index (κ3) is 4.19. The normalized spacial score (nSPS) is 11.1. The molecule has 8 nitrogen and oxygen atoms in total. The van der Waals surface area contributed by atoms with Crippen molar-refractivity contribution in [3.05, 3.63) is 65.9 Å². The van der Waals surface area contributed by atoms with Gasteiger partial charge in [0.15, 0.2) is 11.6 Å². The Morgan fingerprint density at radius 3 is 2.42 bits per heavy atom. The van der Waals surface area contributed by atoms with E-state index in [1.165, 1.54) is 0 Å². The van der Waals surface area contributed by atoms with Gasteiger partial charge in [0.05, 0.1) is 23.7 Å². The lowest BCUT2D eigenvalue weighted by Crippen LogP contribution is -2.30. The molecule has 2 aromatic heterocycles. The van der Waals surface area contributed by atoms with Crippen LogP contribution >= 0.6 is 0 Å². The zero-order valence-corrected chi connectivity index (χ0v) is 19.3. The van der Waals surface area contributed by atoms with Gasteiger partial charge in [-0.3, -0.25) is 9.59 Å². The van der Waals surface area contributed by atoms with E-state index >= 15 is 0 Å². The van der Waals surface area contributed by atoms with E-state index in [4.69, 9.17) is 9.72 Å². The van der Waals surface area contributed by atoms with E-state index in [0.29, 0.717) is 34.1 Å². The van der Waals surface area contributed by atoms with E-state index < -0.39 is 0 Å². The Morgan fingerprint density at radius 2 is 1.76 bits per heavy atom. The smallest absolute Gasteiger partial charge is 0.256 e. The Balaban J connectivity index is 1.72. The van der Waals surface area contributed by atoms with Crippen molar-refractivity contribution in [1.29, 1.82) is 0 Å². The van der Waals surface area contributed by atoms with Crippen LogP contribution in [0.15, 0.2) is 54.7 Å². The van der Waals surface area contributed by atoms with Crippen LogP contribution in [0.3, 0.4) is 0 Å². The molecule has 0 unspecified atom stereocenters. The maximum absolute atomic E-state index is 12.7. The number of nitrogens with one attached hydrogen (secondary N) is 2. The van der Waals surface area contributed by atoms with Gasteiger partial charge in [0.1, 0.15) is 5.69 Å². The fourth-order valence-electron chi connectivity index (χ4n) is 3.85. The Labute approximate surface area is 192 Å². The molecule has 0 saturated heterocycles. The summed E-state index contributed by atoms with van der Waals surface area (Å²) in [4.78, 5) is 30.0. The lowest BCUT2D eigenvalue weighted by molar-refractivity contribution is 0.0939. The highest BCUT2D eigenvalue weighted by atomic mass is 16.5. The minimum Gasteiger partial charge on any atom is -0.494 e. The number of methoxy groups -OCH3 is 1. The lowest BCUT2D eigenvalue weighted by atomic mass is 10.2. The number of rotatable bonds is 6. The summed E-state index contributed by atoms with van der Waals surface area (Å²) in [5, 5.41) is 5.83.